The average Bonchev–Trinajstić information content (AvgIpc) is 2.80. The molecule has 1 N–H and O–H groups in total. The fourth-order valence-corrected chi connectivity index (χ4v) is 5.04. The summed E-state index contributed by atoms with van der Waals surface area (Å²) < 4.78 is 40.7. The number of nitrogens with one attached hydrogen (secondary N) is 1. The summed E-state index contributed by atoms with van der Waals surface area (Å²) in [4.78, 5) is 31.8. The Morgan fingerprint density at radius 1 is 1.24 bits per heavy atom. The number of hydrogen-bond acceptors (Lipinski definition) is 5. The third-order valence-electron chi connectivity index (χ3n) is 5.89. The van der Waals surface area contributed by atoms with Crippen molar-refractivity contribution >= 4 is 35.0 Å². The Morgan fingerprint density at radius 3 is 2.62 bits per heavy atom. The zero-order valence-electron chi connectivity index (χ0n) is 19.2. The first kappa shape index (κ1) is 26.6. The Balaban J connectivity index is 1.74. The third kappa shape index (κ3) is 6.55. The van der Waals surface area contributed by atoms with Gasteiger partial charge in [0, 0.05) is 24.3 Å². The van der Waals surface area contributed by atoms with Crippen LogP contribution >= 0.6 is 23.4 Å². The van der Waals surface area contributed by atoms with E-state index in [2.05, 4.69) is 29.0 Å². The number of halogens is 4. The summed E-state index contributed by atoms with van der Waals surface area (Å²) in [6, 6.07) is 2.77. The van der Waals surface area contributed by atoms with Crippen LogP contribution < -0.4 is 11.0 Å². The SMILES string of the molecule is CCN(CC)CCn1c2c(c(SCC(=O)Nc3cc(C(F)(F)F)ccc3Cl)nc1=O)CCCC2. The first-order chi connectivity index (χ1) is 16.1. The molecule has 0 saturated heterocycles. The van der Waals surface area contributed by atoms with Crippen LogP contribution in [0.2, 0.25) is 5.02 Å². The molecule has 0 fully saturated rings. The molecule has 1 amide bonds. The largest absolute Gasteiger partial charge is 0.416 e. The smallest absolute Gasteiger partial charge is 0.324 e. The Kier molecular flexibility index (Phi) is 9.06. The normalized spacial score (nSPS) is 13.7. The summed E-state index contributed by atoms with van der Waals surface area (Å²) in [6.45, 7) is 7.29. The zero-order chi connectivity index (χ0) is 24.9. The van der Waals surface area contributed by atoms with E-state index >= 15 is 0 Å². The molecule has 1 aromatic carbocycles. The van der Waals surface area contributed by atoms with E-state index in [9.17, 15) is 22.8 Å². The van der Waals surface area contributed by atoms with Crippen LogP contribution in [0.5, 0.6) is 0 Å². The fourth-order valence-electron chi connectivity index (χ4n) is 4.00. The molecule has 11 heteroatoms. The molecule has 1 heterocycles. The molecule has 6 nitrogen and oxygen atoms in total. The van der Waals surface area contributed by atoms with E-state index < -0.39 is 17.6 Å². The second-order valence-corrected chi connectivity index (χ2v) is 9.41. The van der Waals surface area contributed by atoms with Crippen LogP contribution in [0, 0.1) is 0 Å². The minimum atomic E-state index is -4.54. The number of anilines is 1. The second kappa shape index (κ2) is 11.6. The number of likely N-dealkylation sites (N-methyl/N-ethyl adjacent to an activating group) is 1. The Labute approximate surface area is 205 Å². The molecule has 1 aliphatic carbocycles. The summed E-state index contributed by atoms with van der Waals surface area (Å²) >= 11 is 7.09. The van der Waals surface area contributed by atoms with Gasteiger partial charge in [-0.15, -0.1) is 0 Å². The lowest BCUT2D eigenvalue weighted by Gasteiger charge is -2.24. The summed E-state index contributed by atoms with van der Waals surface area (Å²) in [6.07, 6.45) is -1.03. The van der Waals surface area contributed by atoms with E-state index in [1.165, 1.54) is 0 Å². The first-order valence-electron chi connectivity index (χ1n) is 11.3. The molecule has 0 unspecified atom stereocenters. The van der Waals surface area contributed by atoms with Crippen molar-refractivity contribution in [2.75, 3.05) is 30.7 Å². The lowest BCUT2D eigenvalue weighted by atomic mass is 9.97. The number of rotatable bonds is 9. The number of aromatic nitrogens is 2. The highest BCUT2D eigenvalue weighted by atomic mass is 35.5. The van der Waals surface area contributed by atoms with Gasteiger partial charge in [-0.1, -0.05) is 37.2 Å². The molecule has 0 bridgehead atoms. The van der Waals surface area contributed by atoms with Crippen LogP contribution in [0.1, 0.15) is 43.5 Å². The molecule has 3 rings (SSSR count). The van der Waals surface area contributed by atoms with Gasteiger partial charge in [0.1, 0.15) is 5.03 Å². The van der Waals surface area contributed by atoms with Gasteiger partial charge in [-0.05, 0) is 57.0 Å². The van der Waals surface area contributed by atoms with Crippen molar-refractivity contribution < 1.29 is 18.0 Å². The highest BCUT2D eigenvalue weighted by Gasteiger charge is 2.31. The van der Waals surface area contributed by atoms with Gasteiger partial charge in [-0.2, -0.15) is 18.2 Å². The predicted octanol–water partition coefficient (Wildman–Crippen LogP) is 4.87. The molecule has 2 aromatic rings. The standard InChI is InChI=1S/C23H28ClF3N4O2S/c1-3-30(4-2)11-12-31-19-8-6-5-7-16(19)21(29-22(31)33)34-14-20(32)28-18-13-15(23(25,26)27)9-10-17(18)24/h9-10,13H,3-8,11-12,14H2,1-2H3,(H,28,32). The number of alkyl halides is 3. The lowest BCUT2D eigenvalue weighted by molar-refractivity contribution is -0.137. The van der Waals surface area contributed by atoms with Crippen LogP contribution in [0.3, 0.4) is 0 Å². The molecule has 34 heavy (non-hydrogen) atoms. The minimum absolute atomic E-state index is 0.0117. The molecule has 1 aromatic heterocycles. The van der Waals surface area contributed by atoms with Crippen molar-refractivity contribution in [2.45, 2.75) is 57.3 Å². The summed E-state index contributed by atoms with van der Waals surface area (Å²) in [7, 11) is 0. The van der Waals surface area contributed by atoms with Crippen LogP contribution in [0.4, 0.5) is 18.9 Å². The predicted molar refractivity (Wildman–Crippen MR) is 129 cm³/mol. The summed E-state index contributed by atoms with van der Waals surface area (Å²) in [5, 5.41) is 2.97. The number of benzene rings is 1. The summed E-state index contributed by atoms with van der Waals surface area (Å²) in [5.74, 6) is -0.627. The van der Waals surface area contributed by atoms with Crippen molar-refractivity contribution in [1.82, 2.24) is 14.5 Å². The topological polar surface area (TPSA) is 67.2 Å². The highest BCUT2D eigenvalue weighted by Crippen LogP contribution is 2.34. The van der Waals surface area contributed by atoms with Gasteiger partial charge in [0.05, 0.1) is 22.0 Å². The second-order valence-electron chi connectivity index (χ2n) is 8.04. The zero-order valence-corrected chi connectivity index (χ0v) is 20.7. The number of thioether (sulfide) groups is 1. The molecule has 0 aliphatic heterocycles. The van der Waals surface area contributed by atoms with Gasteiger partial charge >= 0.3 is 11.9 Å². The van der Waals surface area contributed by atoms with Gasteiger partial charge < -0.3 is 10.2 Å². The maximum atomic E-state index is 13.0. The fraction of sp³-hybridized carbons (Fsp3) is 0.522. The van der Waals surface area contributed by atoms with Gasteiger partial charge in [-0.25, -0.2) is 4.79 Å². The van der Waals surface area contributed by atoms with Crippen molar-refractivity contribution in [3.8, 4) is 0 Å². The van der Waals surface area contributed by atoms with Crippen molar-refractivity contribution in [1.29, 1.82) is 0 Å². The lowest BCUT2D eigenvalue weighted by Crippen LogP contribution is -2.35. The van der Waals surface area contributed by atoms with Crippen molar-refractivity contribution in [3.05, 3.63) is 50.5 Å². The van der Waals surface area contributed by atoms with Crippen LogP contribution in [-0.2, 0) is 30.4 Å². The number of carbonyl (C=O) groups excluding carboxylic acids is 1. The maximum absolute atomic E-state index is 13.0. The Bertz CT molecular complexity index is 1090. The maximum Gasteiger partial charge on any atom is 0.416 e. The van der Waals surface area contributed by atoms with Crippen molar-refractivity contribution in [3.63, 3.8) is 0 Å². The van der Waals surface area contributed by atoms with Gasteiger partial charge in [0.2, 0.25) is 5.91 Å². The van der Waals surface area contributed by atoms with E-state index in [1.807, 2.05) is 0 Å². The van der Waals surface area contributed by atoms with Gasteiger partial charge in [0.25, 0.3) is 0 Å². The monoisotopic (exact) mass is 516 g/mol. The van der Waals surface area contributed by atoms with Crippen LogP contribution in [-0.4, -0.2) is 45.7 Å². The van der Waals surface area contributed by atoms with E-state index in [-0.39, 0.29) is 22.2 Å². The van der Waals surface area contributed by atoms with Crippen LogP contribution in [0.25, 0.3) is 0 Å². The number of nitrogens with zero attached hydrogens (tertiary/aromatic N) is 3. The van der Waals surface area contributed by atoms with Crippen molar-refractivity contribution in [2.24, 2.45) is 0 Å². The Hall–Kier alpha value is -2.04. The molecular formula is C23H28ClF3N4O2S. The molecule has 1 aliphatic rings. The van der Waals surface area contributed by atoms with E-state index in [0.717, 1.165) is 86.5 Å². The molecule has 0 radical (unpaired) electrons. The highest BCUT2D eigenvalue weighted by molar-refractivity contribution is 8.00. The van der Waals surface area contributed by atoms with E-state index in [4.69, 9.17) is 11.6 Å². The van der Waals surface area contributed by atoms with E-state index in [1.54, 1.807) is 4.57 Å². The van der Waals surface area contributed by atoms with Gasteiger partial charge in [-0.3, -0.25) is 9.36 Å². The number of fused-ring (bicyclic) bond motifs is 1. The third-order valence-corrected chi connectivity index (χ3v) is 7.24. The first-order valence-corrected chi connectivity index (χ1v) is 12.6. The van der Waals surface area contributed by atoms with Crippen LogP contribution in [0.15, 0.2) is 28.0 Å². The number of amides is 1. The minimum Gasteiger partial charge on any atom is -0.324 e. The molecule has 0 spiro atoms. The Morgan fingerprint density at radius 2 is 1.94 bits per heavy atom. The van der Waals surface area contributed by atoms with E-state index in [0.29, 0.717) is 11.6 Å². The number of carbonyl (C=O) groups is 1. The molecule has 0 saturated carbocycles. The average molecular weight is 517 g/mol. The summed E-state index contributed by atoms with van der Waals surface area (Å²) in [5.41, 5.74) is 0.618. The molecule has 0 atom stereocenters. The number of hydrogen-bond donors (Lipinski definition) is 1. The molecular weight excluding hydrogens is 489 g/mol. The molecule has 186 valence electrons. The van der Waals surface area contributed by atoms with Gasteiger partial charge in [0.15, 0.2) is 0 Å². The quantitative estimate of drug-likeness (QED) is 0.380.